The fourth-order valence-electron chi connectivity index (χ4n) is 2.87. The molecule has 3 nitrogen and oxygen atoms in total. The highest BCUT2D eigenvalue weighted by Gasteiger charge is 2.36. The van der Waals surface area contributed by atoms with E-state index in [4.69, 9.17) is 0 Å². The summed E-state index contributed by atoms with van der Waals surface area (Å²) >= 11 is 0. The number of nitrogens with zero attached hydrogens (tertiary/aromatic N) is 1. The second kappa shape index (κ2) is 5.99. The number of aliphatic hydroxyl groups excluding tert-OH is 1. The van der Waals surface area contributed by atoms with Crippen molar-refractivity contribution >= 4 is 0 Å². The molecule has 3 unspecified atom stereocenters. The zero-order valence-corrected chi connectivity index (χ0v) is 11.3. The smallest absolute Gasteiger partial charge is 0.0636 e. The summed E-state index contributed by atoms with van der Waals surface area (Å²) in [6.45, 7) is 5.88. The van der Waals surface area contributed by atoms with Crippen molar-refractivity contribution in [2.75, 3.05) is 27.2 Å². The van der Waals surface area contributed by atoms with Gasteiger partial charge in [0, 0.05) is 18.6 Å². The van der Waals surface area contributed by atoms with Crippen LogP contribution in [0.25, 0.3) is 0 Å². The number of likely N-dealkylation sites (N-methyl/N-ethyl adjacent to an activating group) is 1. The fraction of sp³-hybridized carbons (Fsp3) is 1.00. The summed E-state index contributed by atoms with van der Waals surface area (Å²) < 4.78 is 0. The Hall–Kier alpha value is -0.120. The molecule has 0 spiro atoms. The lowest BCUT2D eigenvalue weighted by Gasteiger charge is -2.45. The maximum atomic E-state index is 9.28. The predicted molar refractivity (Wildman–Crippen MR) is 68.6 cm³/mol. The molecule has 3 heteroatoms. The normalized spacial score (nSPS) is 33.0. The molecule has 0 aromatic carbocycles. The molecule has 1 fully saturated rings. The molecule has 0 heterocycles. The van der Waals surface area contributed by atoms with Crippen molar-refractivity contribution in [3.05, 3.63) is 0 Å². The number of nitrogens with one attached hydrogen (secondary N) is 1. The zero-order valence-electron chi connectivity index (χ0n) is 11.3. The lowest BCUT2D eigenvalue weighted by atomic mass is 9.75. The first-order valence-electron chi connectivity index (χ1n) is 6.52. The van der Waals surface area contributed by atoms with E-state index in [0.29, 0.717) is 12.1 Å². The van der Waals surface area contributed by atoms with Gasteiger partial charge in [-0.3, -0.25) is 0 Å². The molecule has 0 saturated heterocycles. The molecule has 1 saturated carbocycles. The second-order valence-corrected chi connectivity index (χ2v) is 5.80. The van der Waals surface area contributed by atoms with Gasteiger partial charge in [-0.2, -0.15) is 0 Å². The number of hydrogen-bond acceptors (Lipinski definition) is 3. The summed E-state index contributed by atoms with van der Waals surface area (Å²) in [5.74, 6) is 0.824. The van der Waals surface area contributed by atoms with Crippen LogP contribution in [0.1, 0.15) is 39.5 Å². The SMILES string of the molecule is CC(O)CNCC1(N(C)C)CCCC(C)C1. The molecular formula is C13H28N2O. The van der Waals surface area contributed by atoms with Gasteiger partial charge in [0.25, 0.3) is 0 Å². The van der Waals surface area contributed by atoms with E-state index in [2.05, 4.69) is 31.2 Å². The minimum Gasteiger partial charge on any atom is -0.392 e. The molecule has 3 atom stereocenters. The predicted octanol–water partition coefficient (Wildman–Crippen LogP) is 1.47. The van der Waals surface area contributed by atoms with E-state index in [1.165, 1.54) is 25.7 Å². The van der Waals surface area contributed by atoms with Gasteiger partial charge in [-0.15, -0.1) is 0 Å². The minimum atomic E-state index is -0.250. The standard InChI is InChI=1S/C13H28N2O/c1-11-6-5-7-13(8-11,15(3)4)10-14-9-12(2)16/h11-12,14,16H,5-10H2,1-4H3. The van der Waals surface area contributed by atoms with Crippen LogP contribution in [0.4, 0.5) is 0 Å². The minimum absolute atomic E-state index is 0.250. The van der Waals surface area contributed by atoms with Gasteiger partial charge in [0.2, 0.25) is 0 Å². The van der Waals surface area contributed by atoms with Gasteiger partial charge in [-0.05, 0) is 39.8 Å². The Labute approximate surface area is 100 Å². The molecule has 16 heavy (non-hydrogen) atoms. The molecule has 0 aromatic heterocycles. The Morgan fingerprint density at radius 1 is 1.50 bits per heavy atom. The van der Waals surface area contributed by atoms with E-state index in [0.717, 1.165) is 12.5 Å². The lowest BCUT2D eigenvalue weighted by molar-refractivity contribution is 0.0712. The average Bonchev–Trinajstić information content (AvgIpc) is 2.16. The molecule has 0 bridgehead atoms. The van der Waals surface area contributed by atoms with Gasteiger partial charge < -0.3 is 15.3 Å². The molecule has 1 aliphatic carbocycles. The number of aliphatic hydroxyl groups is 1. The van der Waals surface area contributed by atoms with Gasteiger partial charge in [0.05, 0.1) is 6.10 Å². The van der Waals surface area contributed by atoms with Crippen LogP contribution in [0.3, 0.4) is 0 Å². The largest absolute Gasteiger partial charge is 0.392 e. The highest BCUT2D eigenvalue weighted by atomic mass is 16.3. The van der Waals surface area contributed by atoms with E-state index in [1.807, 2.05) is 6.92 Å². The average molecular weight is 228 g/mol. The fourth-order valence-corrected chi connectivity index (χ4v) is 2.87. The van der Waals surface area contributed by atoms with Crippen molar-refractivity contribution in [1.82, 2.24) is 10.2 Å². The van der Waals surface area contributed by atoms with Gasteiger partial charge >= 0.3 is 0 Å². The van der Waals surface area contributed by atoms with Gasteiger partial charge in [0.15, 0.2) is 0 Å². The highest BCUT2D eigenvalue weighted by Crippen LogP contribution is 2.35. The third kappa shape index (κ3) is 3.72. The van der Waals surface area contributed by atoms with Crippen molar-refractivity contribution in [3.63, 3.8) is 0 Å². The van der Waals surface area contributed by atoms with Crippen LogP contribution in [0.5, 0.6) is 0 Å². The van der Waals surface area contributed by atoms with E-state index in [9.17, 15) is 5.11 Å². The van der Waals surface area contributed by atoms with Crippen LogP contribution in [-0.2, 0) is 0 Å². The molecule has 0 aliphatic heterocycles. The summed E-state index contributed by atoms with van der Waals surface area (Å²) in [5.41, 5.74) is 0.298. The Balaban J connectivity index is 2.51. The van der Waals surface area contributed by atoms with Crippen LogP contribution in [0.15, 0.2) is 0 Å². The van der Waals surface area contributed by atoms with Crippen molar-refractivity contribution in [2.24, 2.45) is 5.92 Å². The monoisotopic (exact) mass is 228 g/mol. The van der Waals surface area contributed by atoms with Crippen LogP contribution in [0, 0.1) is 5.92 Å². The maximum Gasteiger partial charge on any atom is 0.0636 e. The van der Waals surface area contributed by atoms with Crippen LogP contribution < -0.4 is 5.32 Å². The number of hydrogen-bond donors (Lipinski definition) is 2. The van der Waals surface area contributed by atoms with E-state index in [-0.39, 0.29) is 6.10 Å². The lowest BCUT2D eigenvalue weighted by Crippen LogP contribution is -2.54. The van der Waals surface area contributed by atoms with Gasteiger partial charge in [-0.25, -0.2) is 0 Å². The summed E-state index contributed by atoms with van der Waals surface area (Å²) in [4.78, 5) is 2.37. The van der Waals surface area contributed by atoms with Crippen molar-refractivity contribution in [1.29, 1.82) is 0 Å². The number of rotatable bonds is 5. The van der Waals surface area contributed by atoms with Crippen LogP contribution in [0.2, 0.25) is 0 Å². The van der Waals surface area contributed by atoms with Gasteiger partial charge in [0.1, 0.15) is 0 Å². The van der Waals surface area contributed by atoms with E-state index < -0.39 is 0 Å². The second-order valence-electron chi connectivity index (χ2n) is 5.80. The van der Waals surface area contributed by atoms with Crippen LogP contribution in [-0.4, -0.2) is 48.8 Å². The molecular weight excluding hydrogens is 200 g/mol. The Kier molecular flexibility index (Phi) is 5.22. The quantitative estimate of drug-likeness (QED) is 0.748. The molecule has 1 aliphatic rings. The van der Waals surface area contributed by atoms with Crippen molar-refractivity contribution < 1.29 is 5.11 Å². The van der Waals surface area contributed by atoms with Gasteiger partial charge in [-0.1, -0.05) is 19.8 Å². The Morgan fingerprint density at radius 3 is 2.69 bits per heavy atom. The first-order chi connectivity index (χ1) is 7.46. The molecule has 1 rings (SSSR count). The summed E-state index contributed by atoms with van der Waals surface area (Å²) in [6.07, 6.45) is 4.99. The van der Waals surface area contributed by atoms with Crippen molar-refractivity contribution in [2.45, 2.75) is 51.2 Å². The van der Waals surface area contributed by atoms with Crippen LogP contribution >= 0.6 is 0 Å². The van der Waals surface area contributed by atoms with E-state index in [1.54, 1.807) is 0 Å². The summed E-state index contributed by atoms with van der Waals surface area (Å²) in [7, 11) is 4.37. The molecule has 0 amide bonds. The third-order valence-corrected chi connectivity index (χ3v) is 3.91. The Bertz CT molecular complexity index is 206. The molecule has 0 radical (unpaired) electrons. The molecule has 0 aromatic rings. The summed E-state index contributed by atoms with van der Waals surface area (Å²) in [5, 5.41) is 12.7. The zero-order chi connectivity index (χ0) is 12.2. The first kappa shape index (κ1) is 13.9. The maximum absolute atomic E-state index is 9.28. The first-order valence-corrected chi connectivity index (χ1v) is 6.52. The van der Waals surface area contributed by atoms with E-state index >= 15 is 0 Å². The Morgan fingerprint density at radius 2 is 2.19 bits per heavy atom. The topological polar surface area (TPSA) is 35.5 Å². The third-order valence-electron chi connectivity index (χ3n) is 3.91. The van der Waals surface area contributed by atoms with Crippen molar-refractivity contribution in [3.8, 4) is 0 Å². The summed E-state index contributed by atoms with van der Waals surface area (Å²) in [6, 6.07) is 0. The molecule has 96 valence electrons. The highest BCUT2D eigenvalue weighted by molar-refractivity contribution is 4.94. The molecule has 2 N–H and O–H groups in total.